The van der Waals surface area contributed by atoms with Crippen LogP contribution >= 0.6 is 11.8 Å². The molecule has 0 aliphatic heterocycles. The van der Waals surface area contributed by atoms with Crippen LogP contribution in [0.4, 0.5) is 0 Å². The molecule has 2 aliphatic carbocycles. The van der Waals surface area contributed by atoms with E-state index in [1.54, 1.807) is 0 Å². The fourth-order valence-corrected chi connectivity index (χ4v) is 4.79. The number of aryl methyl sites for hydroxylation is 1. The maximum absolute atomic E-state index is 2.42. The normalized spacial score (nSPS) is 19.0. The van der Waals surface area contributed by atoms with Crippen LogP contribution in [0.15, 0.2) is 29.2 Å². The van der Waals surface area contributed by atoms with E-state index in [9.17, 15) is 0 Å². The first kappa shape index (κ1) is 13.5. The predicted octanol–water partition coefficient (Wildman–Crippen LogP) is 5.66. The summed E-state index contributed by atoms with van der Waals surface area (Å²) in [5.74, 6) is 0. The zero-order chi connectivity index (χ0) is 15.2. The molecule has 2 aromatic carbocycles. The zero-order valence-corrected chi connectivity index (χ0v) is 14.5. The molecule has 4 rings (SSSR count). The molecule has 108 valence electrons. The van der Waals surface area contributed by atoms with Crippen LogP contribution < -0.4 is 0 Å². The summed E-state index contributed by atoms with van der Waals surface area (Å²) in [5, 5.41) is 0. The number of rotatable bonds is 1. The van der Waals surface area contributed by atoms with Crippen LogP contribution in [0, 0.1) is 6.92 Å². The van der Waals surface area contributed by atoms with Gasteiger partial charge in [-0.05, 0) is 58.7 Å². The van der Waals surface area contributed by atoms with Crippen LogP contribution in [0.2, 0.25) is 0 Å². The van der Waals surface area contributed by atoms with Crippen molar-refractivity contribution in [2.75, 3.05) is 6.26 Å². The average molecular weight is 294 g/mol. The highest BCUT2D eigenvalue weighted by molar-refractivity contribution is 7.98. The van der Waals surface area contributed by atoms with Crippen molar-refractivity contribution in [3.8, 4) is 11.1 Å². The molecule has 0 nitrogen and oxygen atoms in total. The van der Waals surface area contributed by atoms with Gasteiger partial charge in [0, 0.05) is 15.7 Å². The third-order valence-electron chi connectivity index (χ3n) is 5.57. The van der Waals surface area contributed by atoms with E-state index in [1.807, 2.05) is 11.8 Å². The van der Waals surface area contributed by atoms with Crippen molar-refractivity contribution < 1.29 is 0 Å². The Labute approximate surface area is 132 Å². The van der Waals surface area contributed by atoms with Gasteiger partial charge in [0.25, 0.3) is 0 Å². The van der Waals surface area contributed by atoms with Gasteiger partial charge in [0.1, 0.15) is 0 Å². The summed E-state index contributed by atoms with van der Waals surface area (Å²) in [7, 11) is 0. The molecule has 0 aromatic heterocycles. The number of thioether (sulfide) groups is 1. The first-order valence-electron chi connectivity index (χ1n) is 7.67. The summed E-state index contributed by atoms with van der Waals surface area (Å²) in [4.78, 5) is 1.40. The fourth-order valence-electron chi connectivity index (χ4n) is 4.32. The molecule has 0 fully saturated rings. The molecule has 0 saturated carbocycles. The molecule has 0 atom stereocenters. The van der Waals surface area contributed by atoms with Gasteiger partial charge >= 0.3 is 0 Å². The minimum Gasteiger partial charge on any atom is -0.130 e. The van der Waals surface area contributed by atoms with Crippen molar-refractivity contribution >= 4 is 11.8 Å². The van der Waals surface area contributed by atoms with Gasteiger partial charge in [0.05, 0.1) is 0 Å². The van der Waals surface area contributed by atoms with Crippen molar-refractivity contribution in [2.45, 2.75) is 50.3 Å². The van der Waals surface area contributed by atoms with Crippen molar-refractivity contribution in [2.24, 2.45) is 0 Å². The second-order valence-electron chi connectivity index (χ2n) is 7.58. The molecule has 0 bridgehead atoms. The highest BCUT2D eigenvalue weighted by Crippen LogP contribution is 2.61. The van der Waals surface area contributed by atoms with E-state index >= 15 is 0 Å². The minimum absolute atomic E-state index is 0.127. The minimum atomic E-state index is 0.127. The molecular formula is C20H22S. The van der Waals surface area contributed by atoms with Gasteiger partial charge in [-0.3, -0.25) is 0 Å². The van der Waals surface area contributed by atoms with Gasteiger partial charge in [0.2, 0.25) is 0 Å². The standard InChI is InChI=1S/C20H22S/c1-11-7-13-17-14(8-11)20(4,5)16-10-12(21-6)9-15(18(16)17)19(13,2)3/h7-10H,1-6H3. The summed E-state index contributed by atoms with van der Waals surface area (Å²) in [5.41, 5.74) is 10.8. The topological polar surface area (TPSA) is 0 Å². The molecule has 0 N–H and O–H groups in total. The maximum Gasteiger partial charge on any atom is 0.0159 e. The summed E-state index contributed by atoms with van der Waals surface area (Å²) < 4.78 is 0. The molecule has 0 heterocycles. The van der Waals surface area contributed by atoms with Crippen LogP contribution in [0.1, 0.15) is 55.5 Å². The van der Waals surface area contributed by atoms with Crippen molar-refractivity contribution in [3.63, 3.8) is 0 Å². The van der Waals surface area contributed by atoms with E-state index in [1.165, 1.54) is 43.8 Å². The molecular weight excluding hydrogens is 272 g/mol. The molecule has 1 heteroatoms. The zero-order valence-electron chi connectivity index (χ0n) is 13.7. The molecule has 0 spiro atoms. The van der Waals surface area contributed by atoms with Crippen LogP contribution in [0.25, 0.3) is 11.1 Å². The number of benzene rings is 2. The van der Waals surface area contributed by atoms with E-state index in [2.05, 4.69) is 65.1 Å². The van der Waals surface area contributed by atoms with Gasteiger partial charge in [-0.2, -0.15) is 0 Å². The van der Waals surface area contributed by atoms with Crippen LogP contribution in [0.5, 0.6) is 0 Å². The number of hydrogen-bond acceptors (Lipinski definition) is 1. The largest absolute Gasteiger partial charge is 0.130 e. The summed E-state index contributed by atoms with van der Waals surface area (Å²) in [6, 6.07) is 9.65. The Morgan fingerprint density at radius 3 is 1.48 bits per heavy atom. The smallest absolute Gasteiger partial charge is 0.0159 e. The molecule has 0 saturated heterocycles. The van der Waals surface area contributed by atoms with E-state index in [0.717, 1.165) is 0 Å². The lowest BCUT2D eigenvalue weighted by atomic mass is 9.74. The molecule has 0 radical (unpaired) electrons. The fraction of sp³-hybridized carbons (Fsp3) is 0.400. The molecule has 0 amide bonds. The van der Waals surface area contributed by atoms with Crippen molar-refractivity contribution in [3.05, 3.63) is 52.1 Å². The molecule has 2 aromatic rings. The van der Waals surface area contributed by atoms with Crippen LogP contribution in [-0.4, -0.2) is 6.26 Å². The monoisotopic (exact) mass is 294 g/mol. The molecule has 0 unspecified atom stereocenters. The third kappa shape index (κ3) is 1.43. The van der Waals surface area contributed by atoms with E-state index in [4.69, 9.17) is 0 Å². The lowest BCUT2D eigenvalue weighted by molar-refractivity contribution is 0.626. The average Bonchev–Trinajstić information content (AvgIpc) is 2.78. The lowest BCUT2D eigenvalue weighted by Gasteiger charge is -2.29. The Morgan fingerprint density at radius 1 is 0.714 bits per heavy atom. The summed E-state index contributed by atoms with van der Waals surface area (Å²) in [6.45, 7) is 11.8. The van der Waals surface area contributed by atoms with Gasteiger partial charge in [-0.25, -0.2) is 0 Å². The van der Waals surface area contributed by atoms with Crippen molar-refractivity contribution in [1.29, 1.82) is 0 Å². The molecule has 21 heavy (non-hydrogen) atoms. The Hall–Kier alpha value is -1.21. The van der Waals surface area contributed by atoms with Crippen LogP contribution in [-0.2, 0) is 10.8 Å². The second kappa shape index (κ2) is 3.76. The molecule has 2 aliphatic rings. The number of hydrogen-bond donors (Lipinski definition) is 0. The van der Waals surface area contributed by atoms with Gasteiger partial charge in [-0.15, -0.1) is 11.8 Å². The SMILES string of the molecule is CSc1cc2c3c(c1)C(C)(C)c1cc(C)cc(c1-3)C2(C)C. The predicted molar refractivity (Wildman–Crippen MR) is 92.7 cm³/mol. The van der Waals surface area contributed by atoms with E-state index in [-0.39, 0.29) is 10.8 Å². The first-order valence-corrected chi connectivity index (χ1v) is 8.90. The summed E-state index contributed by atoms with van der Waals surface area (Å²) >= 11 is 1.86. The maximum atomic E-state index is 2.42. The highest BCUT2D eigenvalue weighted by atomic mass is 32.2. The van der Waals surface area contributed by atoms with E-state index in [0.29, 0.717) is 0 Å². The Bertz CT molecular complexity index is 735. The second-order valence-corrected chi connectivity index (χ2v) is 8.46. The quantitative estimate of drug-likeness (QED) is 0.611. The lowest BCUT2D eigenvalue weighted by Crippen LogP contribution is -2.21. The van der Waals surface area contributed by atoms with E-state index < -0.39 is 0 Å². The van der Waals surface area contributed by atoms with Crippen molar-refractivity contribution in [1.82, 2.24) is 0 Å². The van der Waals surface area contributed by atoms with Gasteiger partial charge in [-0.1, -0.05) is 45.4 Å². The Morgan fingerprint density at radius 2 is 1.10 bits per heavy atom. The van der Waals surface area contributed by atoms with Gasteiger partial charge in [0.15, 0.2) is 0 Å². The third-order valence-corrected chi connectivity index (χ3v) is 6.28. The highest BCUT2D eigenvalue weighted by Gasteiger charge is 2.47. The van der Waals surface area contributed by atoms with Gasteiger partial charge < -0.3 is 0 Å². The summed E-state index contributed by atoms with van der Waals surface area (Å²) in [6.07, 6.45) is 2.18. The Balaban J connectivity index is 2.21. The first-order chi connectivity index (χ1) is 9.78. The Kier molecular flexibility index (Phi) is 2.41. The van der Waals surface area contributed by atoms with Crippen LogP contribution in [0.3, 0.4) is 0 Å².